The largest absolute Gasteiger partial charge is 0.509 e. The number of hydrogen-bond donors (Lipinski definition) is 1. The monoisotopic (exact) mass is 197 g/mol. The molecule has 0 aliphatic heterocycles. The number of allylic oxidation sites excluding steroid dienone is 2. The van der Waals surface area contributed by atoms with Crippen LogP contribution in [0.2, 0.25) is 0 Å². The van der Waals surface area contributed by atoms with Gasteiger partial charge in [0.15, 0.2) is 0 Å². The molecule has 0 aromatic heterocycles. The van der Waals surface area contributed by atoms with E-state index < -0.39 is 0 Å². The second-order valence-electron chi connectivity index (χ2n) is 4.08. The number of nitrogens with zero attached hydrogens (tertiary/aromatic N) is 1. The van der Waals surface area contributed by atoms with Gasteiger partial charge in [-0.1, -0.05) is 19.1 Å². The average molecular weight is 197 g/mol. The molecule has 2 nitrogen and oxygen atoms in total. The molecule has 0 rings (SSSR count). The maximum Gasteiger partial charge on any atom is 0.108 e. The van der Waals surface area contributed by atoms with E-state index in [-0.39, 0.29) is 5.76 Å². The summed E-state index contributed by atoms with van der Waals surface area (Å²) in [4.78, 5) is 2.18. The zero-order chi connectivity index (χ0) is 11.1. The lowest BCUT2D eigenvalue weighted by molar-refractivity contribution is 0.362. The van der Waals surface area contributed by atoms with E-state index in [0.29, 0.717) is 5.92 Å². The van der Waals surface area contributed by atoms with E-state index in [9.17, 15) is 0 Å². The normalized spacial score (nSPS) is 14.5. The van der Waals surface area contributed by atoms with E-state index in [1.54, 1.807) is 6.08 Å². The quantitative estimate of drug-likeness (QED) is 0.522. The number of rotatable bonds is 6. The molecule has 0 amide bonds. The first-order valence-corrected chi connectivity index (χ1v) is 5.18. The van der Waals surface area contributed by atoms with Crippen molar-refractivity contribution in [2.45, 2.75) is 26.7 Å². The van der Waals surface area contributed by atoms with Crippen LogP contribution in [0.3, 0.4) is 0 Å². The summed E-state index contributed by atoms with van der Waals surface area (Å²) in [6, 6.07) is 0. The summed E-state index contributed by atoms with van der Waals surface area (Å²) in [7, 11) is 4.16. The summed E-state index contributed by atoms with van der Waals surface area (Å²) in [5.74, 6) is 0.715. The second-order valence-corrected chi connectivity index (χ2v) is 4.08. The van der Waals surface area contributed by atoms with Gasteiger partial charge in [-0.05, 0) is 52.4 Å². The lowest BCUT2D eigenvalue weighted by atomic mass is 9.93. The van der Waals surface area contributed by atoms with Gasteiger partial charge in [0.25, 0.3) is 0 Å². The Morgan fingerprint density at radius 2 is 2.07 bits per heavy atom. The third-order valence-corrected chi connectivity index (χ3v) is 2.46. The van der Waals surface area contributed by atoms with Crippen LogP contribution in [0.5, 0.6) is 0 Å². The zero-order valence-electron chi connectivity index (χ0n) is 9.88. The highest BCUT2D eigenvalue weighted by molar-refractivity contribution is 5.15. The first-order chi connectivity index (χ1) is 6.47. The van der Waals surface area contributed by atoms with Crippen molar-refractivity contribution in [3.63, 3.8) is 0 Å². The molecule has 2 heteroatoms. The summed E-state index contributed by atoms with van der Waals surface area (Å²) in [6.07, 6.45) is 4.02. The van der Waals surface area contributed by atoms with E-state index in [1.807, 2.05) is 0 Å². The predicted octanol–water partition coefficient (Wildman–Crippen LogP) is 2.98. The van der Waals surface area contributed by atoms with E-state index in [4.69, 9.17) is 5.11 Å². The van der Waals surface area contributed by atoms with Crippen molar-refractivity contribution in [2.75, 3.05) is 20.6 Å². The molecule has 0 saturated heterocycles. The van der Waals surface area contributed by atoms with Gasteiger partial charge < -0.3 is 10.0 Å². The fourth-order valence-electron chi connectivity index (χ4n) is 1.55. The Morgan fingerprint density at radius 3 is 2.43 bits per heavy atom. The molecule has 14 heavy (non-hydrogen) atoms. The summed E-state index contributed by atoms with van der Waals surface area (Å²) in [5, 5.41) is 9.06. The second kappa shape index (κ2) is 6.66. The van der Waals surface area contributed by atoms with E-state index in [1.165, 1.54) is 5.57 Å². The molecular weight excluding hydrogens is 174 g/mol. The summed E-state index contributed by atoms with van der Waals surface area (Å²) < 4.78 is 0. The predicted molar refractivity (Wildman–Crippen MR) is 62.5 cm³/mol. The minimum atomic E-state index is 0.158. The maximum absolute atomic E-state index is 9.06. The minimum Gasteiger partial charge on any atom is -0.509 e. The molecule has 82 valence electrons. The van der Waals surface area contributed by atoms with Crippen molar-refractivity contribution in [1.29, 1.82) is 0 Å². The Balaban J connectivity index is 4.19. The lowest BCUT2D eigenvalue weighted by Crippen LogP contribution is -2.17. The Hall–Kier alpha value is -0.760. The molecule has 1 N–H and O–H groups in total. The van der Waals surface area contributed by atoms with Gasteiger partial charge in [-0.25, -0.2) is 0 Å². The smallest absolute Gasteiger partial charge is 0.108 e. The number of aliphatic hydroxyl groups excluding tert-OH is 1. The third kappa shape index (κ3) is 5.81. The Bertz CT molecular complexity index is 206. The molecule has 0 aliphatic carbocycles. The van der Waals surface area contributed by atoms with Crippen molar-refractivity contribution < 1.29 is 5.11 Å². The van der Waals surface area contributed by atoms with Gasteiger partial charge in [-0.3, -0.25) is 0 Å². The molecule has 1 unspecified atom stereocenters. The Kier molecular flexibility index (Phi) is 6.30. The lowest BCUT2D eigenvalue weighted by Gasteiger charge is -2.18. The topological polar surface area (TPSA) is 23.5 Å². The van der Waals surface area contributed by atoms with Gasteiger partial charge in [-0.2, -0.15) is 0 Å². The van der Waals surface area contributed by atoms with Crippen molar-refractivity contribution >= 4 is 0 Å². The highest BCUT2D eigenvalue weighted by Crippen LogP contribution is 2.19. The van der Waals surface area contributed by atoms with Crippen LogP contribution >= 0.6 is 0 Å². The van der Waals surface area contributed by atoms with Crippen molar-refractivity contribution in [3.05, 3.63) is 24.0 Å². The van der Waals surface area contributed by atoms with Gasteiger partial charge in [0, 0.05) is 0 Å². The van der Waals surface area contributed by atoms with Crippen LogP contribution in [0.1, 0.15) is 26.7 Å². The van der Waals surface area contributed by atoms with Crippen molar-refractivity contribution in [3.8, 4) is 0 Å². The van der Waals surface area contributed by atoms with Crippen molar-refractivity contribution in [1.82, 2.24) is 4.90 Å². The Morgan fingerprint density at radius 1 is 1.50 bits per heavy atom. The molecule has 0 radical (unpaired) electrons. The number of aliphatic hydroxyl groups is 1. The summed E-state index contributed by atoms with van der Waals surface area (Å²) in [6.45, 7) is 8.80. The van der Waals surface area contributed by atoms with E-state index in [2.05, 4.69) is 39.4 Å². The molecule has 0 saturated carbocycles. The average Bonchev–Trinajstić information content (AvgIpc) is 2.03. The van der Waals surface area contributed by atoms with Crippen LogP contribution in [-0.4, -0.2) is 30.6 Å². The summed E-state index contributed by atoms with van der Waals surface area (Å²) in [5.41, 5.74) is 1.22. The first-order valence-electron chi connectivity index (χ1n) is 5.18. The molecule has 0 aromatic rings. The number of hydrogen-bond acceptors (Lipinski definition) is 2. The van der Waals surface area contributed by atoms with Crippen LogP contribution < -0.4 is 0 Å². The Labute approximate surface area is 87.9 Å². The van der Waals surface area contributed by atoms with Crippen LogP contribution in [-0.2, 0) is 0 Å². The molecule has 0 fully saturated rings. The molecular formula is C12H23NO. The standard InChI is InChI=1S/C12H23NO/c1-6-12(7-8-13(4)5)10(2)9-11(3)14/h9,12,14H,3,6-8H2,1-2,4-5H3/b10-9+. The van der Waals surface area contributed by atoms with Crippen LogP contribution in [0.25, 0.3) is 0 Å². The fraction of sp³-hybridized carbons (Fsp3) is 0.667. The van der Waals surface area contributed by atoms with Crippen LogP contribution in [0, 0.1) is 5.92 Å². The maximum atomic E-state index is 9.06. The molecule has 0 bridgehead atoms. The van der Waals surface area contributed by atoms with E-state index in [0.717, 1.165) is 19.4 Å². The zero-order valence-corrected chi connectivity index (χ0v) is 9.88. The van der Waals surface area contributed by atoms with E-state index >= 15 is 0 Å². The summed E-state index contributed by atoms with van der Waals surface area (Å²) >= 11 is 0. The highest BCUT2D eigenvalue weighted by atomic mass is 16.3. The third-order valence-electron chi connectivity index (χ3n) is 2.46. The molecule has 0 aromatic carbocycles. The molecule has 0 spiro atoms. The first kappa shape index (κ1) is 13.2. The highest BCUT2D eigenvalue weighted by Gasteiger charge is 2.08. The van der Waals surface area contributed by atoms with Gasteiger partial charge in [-0.15, -0.1) is 0 Å². The fourth-order valence-corrected chi connectivity index (χ4v) is 1.55. The molecule has 0 heterocycles. The molecule has 0 aliphatic rings. The van der Waals surface area contributed by atoms with Crippen LogP contribution in [0.4, 0.5) is 0 Å². The van der Waals surface area contributed by atoms with Crippen LogP contribution in [0.15, 0.2) is 24.0 Å². The molecule has 1 atom stereocenters. The van der Waals surface area contributed by atoms with Gasteiger partial charge >= 0.3 is 0 Å². The van der Waals surface area contributed by atoms with Gasteiger partial charge in [0.05, 0.1) is 0 Å². The van der Waals surface area contributed by atoms with Gasteiger partial charge in [0.1, 0.15) is 5.76 Å². The van der Waals surface area contributed by atoms with Gasteiger partial charge in [0.2, 0.25) is 0 Å². The van der Waals surface area contributed by atoms with Crippen molar-refractivity contribution in [2.24, 2.45) is 5.92 Å². The SMILES string of the molecule is C=C(O)/C=C(\C)C(CC)CCN(C)C. The minimum absolute atomic E-state index is 0.158.